The van der Waals surface area contributed by atoms with Crippen LogP contribution in [-0.2, 0) is 20.7 Å². The highest BCUT2D eigenvalue weighted by atomic mass is 16.5. The minimum atomic E-state index is -0.508. The normalized spacial score (nSPS) is 12.1. The third-order valence-electron chi connectivity index (χ3n) is 2.83. The molecule has 0 bridgehead atoms. The first-order valence-corrected chi connectivity index (χ1v) is 6.88. The maximum Gasteiger partial charge on any atom is 0.237 e. The van der Waals surface area contributed by atoms with Gasteiger partial charge in [0.1, 0.15) is 0 Å². The molecule has 1 rings (SSSR count). The Labute approximate surface area is 120 Å². The molecule has 0 saturated heterocycles. The number of ether oxygens (including phenoxy) is 2. The Kier molecular flexibility index (Phi) is 8.62. The lowest BCUT2D eigenvalue weighted by molar-refractivity contribution is -0.122. The second kappa shape index (κ2) is 10.4. The van der Waals surface area contributed by atoms with Crippen LogP contribution in [0.15, 0.2) is 30.3 Å². The van der Waals surface area contributed by atoms with Gasteiger partial charge in [0.25, 0.3) is 0 Å². The molecule has 0 radical (unpaired) electrons. The van der Waals surface area contributed by atoms with E-state index in [1.807, 2.05) is 30.3 Å². The Hall–Kier alpha value is -1.43. The van der Waals surface area contributed by atoms with Gasteiger partial charge in [-0.1, -0.05) is 30.3 Å². The summed E-state index contributed by atoms with van der Waals surface area (Å²) in [6, 6.07) is 9.26. The van der Waals surface area contributed by atoms with E-state index in [-0.39, 0.29) is 5.91 Å². The SMILES string of the molecule is COCCOCCCNC(=O)[C@@H](N)Cc1ccccc1. The summed E-state index contributed by atoms with van der Waals surface area (Å²) in [6.07, 6.45) is 1.32. The number of hydrogen-bond donors (Lipinski definition) is 2. The van der Waals surface area contributed by atoms with Crippen LogP contribution in [0, 0.1) is 0 Å². The van der Waals surface area contributed by atoms with Crippen LogP contribution in [0.3, 0.4) is 0 Å². The van der Waals surface area contributed by atoms with E-state index >= 15 is 0 Å². The minimum absolute atomic E-state index is 0.120. The molecule has 0 fully saturated rings. The van der Waals surface area contributed by atoms with E-state index < -0.39 is 6.04 Å². The van der Waals surface area contributed by atoms with Crippen molar-refractivity contribution in [1.29, 1.82) is 0 Å². The summed E-state index contributed by atoms with van der Waals surface area (Å²) in [7, 11) is 1.64. The molecule has 0 aliphatic carbocycles. The zero-order valence-corrected chi connectivity index (χ0v) is 12.0. The lowest BCUT2D eigenvalue weighted by atomic mass is 10.1. The first-order chi connectivity index (χ1) is 9.74. The zero-order valence-electron chi connectivity index (χ0n) is 12.0. The van der Waals surface area contributed by atoms with Gasteiger partial charge in [0, 0.05) is 20.3 Å². The maximum absolute atomic E-state index is 11.8. The van der Waals surface area contributed by atoms with E-state index in [0.29, 0.717) is 32.8 Å². The number of carbonyl (C=O) groups excluding carboxylic acids is 1. The molecule has 1 atom stereocenters. The number of hydrogen-bond acceptors (Lipinski definition) is 4. The van der Waals surface area contributed by atoms with Crippen molar-refractivity contribution in [2.24, 2.45) is 5.73 Å². The molecule has 5 nitrogen and oxygen atoms in total. The Balaban J connectivity index is 2.10. The predicted octanol–water partition coefficient (Wildman–Crippen LogP) is 0.726. The number of carbonyl (C=O) groups is 1. The van der Waals surface area contributed by atoms with Gasteiger partial charge in [-0.3, -0.25) is 4.79 Å². The average Bonchev–Trinajstić information content (AvgIpc) is 2.47. The van der Waals surface area contributed by atoms with Gasteiger partial charge in [-0.15, -0.1) is 0 Å². The number of rotatable bonds is 10. The summed E-state index contributed by atoms with van der Waals surface area (Å²) in [6.45, 7) is 2.36. The molecule has 20 heavy (non-hydrogen) atoms. The predicted molar refractivity (Wildman–Crippen MR) is 78.4 cm³/mol. The van der Waals surface area contributed by atoms with Crippen LogP contribution in [0.4, 0.5) is 0 Å². The molecule has 0 aliphatic rings. The van der Waals surface area contributed by atoms with E-state index in [0.717, 1.165) is 12.0 Å². The Morgan fingerprint density at radius 2 is 2.00 bits per heavy atom. The number of benzene rings is 1. The molecule has 0 aromatic heterocycles. The van der Waals surface area contributed by atoms with E-state index in [4.69, 9.17) is 15.2 Å². The van der Waals surface area contributed by atoms with Crippen LogP contribution < -0.4 is 11.1 Å². The van der Waals surface area contributed by atoms with Crippen molar-refractivity contribution in [1.82, 2.24) is 5.32 Å². The summed E-state index contributed by atoms with van der Waals surface area (Å²) in [5.74, 6) is -0.120. The number of nitrogens with one attached hydrogen (secondary N) is 1. The van der Waals surface area contributed by atoms with Crippen LogP contribution >= 0.6 is 0 Å². The van der Waals surface area contributed by atoms with Crippen LogP contribution in [-0.4, -0.2) is 45.4 Å². The fraction of sp³-hybridized carbons (Fsp3) is 0.533. The first-order valence-electron chi connectivity index (χ1n) is 6.88. The van der Waals surface area contributed by atoms with Crippen molar-refractivity contribution in [3.8, 4) is 0 Å². The van der Waals surface area contributed by atoms with Gasteiger partial charge in [0.2, 0.25) is 5.91 Å². The molecule has 1 aromatic rings. The van der Waals surface area contributed by atoms with Crippen molar-refractivity contribution in [3.63, 3.8) is 0 Å². The molecule has 0 unspecified atom stereocenters. The molecule has 0 heterocycles. The van der Waals surface area contributed by atoms with Crippen molar-refractivity contribution in [2.45, 2.75) is 18.9 Å². The number of nitrogens with two attached hydrogens (primary N) is 1. The molecule has 112 valence electrons. The van der Waals surface area contributed by atoms with Gasteiger partial charge in [0.05, 0.1) is 19.3 Å². The molecular weight excluding hydrogens is 256 g/mol. The van der Waals surface area contributed by atoms with Gasteiger partial charge in [-0.2, -0.15) is 0 Å². The topological polar surface area (TPSA) is 73.6 Å². The highest BCUT2D eigenvalue weighted by Crippen LogP contribution is 2.01. The highest BCUT2D eigenvalue weighted by Gasteiger charge is 2.12. The summed E-state index contributed by atoms with van der Waals surface area (Å²) < 4.78 is 10.2. The molecule has 5 heteroatoms. The molecule has 0 saturated carbocycles. The molecule has 0 spiro atoms. The highest BCUT2D eigenvalue weighted by molar-refractivity contribution is 5.81. The summed E-state index contributed by atoms with van der Waals surface area (Å²) in [4.78, 5) is 11.8. The second-order valence-corrected chi connectivity index (χ2v) is 4.55. The van der Waals surface area contributed by atoms with Crippen LogP contribution in [0.1, 0.15) is 12.0 Å². The monoisotopic (exact) mass is 280 g/mol. The average molecular weight is 280 g/mol. The van der Waals surface area contributed by atoms with E-state index in [9.17, 15) is 4.79 Å². The molecule has 1 aromatic carbocycles. The lowest BCUT2D eigenvalue weighted by Crippen LogP contribution is -2.42. The summed E-state index contributed by atoms with van der Waals surface area (Å²) in [5, 5.41) is 2.82. The van der Waals surface area contributed by atoms with Gasteiger partial charge in [-0.25, -0.2) is 0 Å². The lowest BCUT2D eigenvalue weighted by Gasteiger charge is -2.12. The summed E-state index contributed by atoms with van der Waals surface area (Å²) >= 11 is 0. The third kappa shape index (κ3) is 7.23. The zero-order chi connectivity index (χ0) is 14.6. The van der Waals surface area contributed by atoms with Crippen LogP contribution in [0.25, 0.3) is 0 Å². The van der Waals surface area contributed by atoms with Crippen molar-refractivity contribution in [2.75, 3.05) is 33.5 Å². The second-order valence-electron chi connectivity index (χ2n) is 4.55. The smallest absolute Gasteiger partial charge is 0.237 e. The summed E-state index contributed by atoms with van der Waals surface area (Å²) in [5.41, 5.74) is 6.94. The number of methoxy groups -OCH3 is 1. The van der Waals surface area contributed by atoms with Crippen LogP contribution in [0.2, 0.25) is 0 Å². The molecule has 0 aliphatic heterocycles. The van der Waals surface area contributed by atoms with Gasteiger partial charge in [-0.05, 0) is 18.4 Å². The van der Waals surface area contributed by atoms with E-state index in [1.165, 1.54) is 0 Å². The standard InChI is InChI=1S/C15H24N2O3/c1-19-10-11-20-9-5-8-17-15(18)14(16)12-13-6-3-2-4-7-13/h2-4,6-7,14H,5,8-12,16H2,1H3,(H,17,18)/t14-/m0/s1. The molecule has 1 amide bonds. The minimum Gasteiger partial charge on any atom is -0.382 e. The van der Waals surface area contributed by atoms with E-state index in [1.54, 1.807) is 7.11 Å². The quantitative estimate of drug-likeness (QED) is 0.620. The maximum atomic E-state index is 11.8. The third-order valence-corrected chi connectivity index (χ3v) is 2.83. The largest absolute Gasteiger partial charge is 0.382 e. The van der Waals surface area contributed by atoms with E-state index in [2.05, 4.69) is 5.32 Å². The molecule has 3 N–H and O–H groups in total. The van der Waals surface area contributed by atoms with Gasteiger partial charge in [0.15, 0.2) is 0 Å². The Morgan fingerprint density at radius 3 is 2.70 bits per heavy atom. The van der Waals surface area contributed by atoms with Gasteiger partial charge < -0.3 is 20.5 Å². The van der Waals surface area contributed by atoms with Crippen molar-refractivity contribution < 1.29 is 14.3 Å². The first kappa shape index (κ1) is 16.6. The molecular formula is C15H24N2O3. The van der Waals surface area contributed by atoms with Crippen molar-refractivity contribution in [3.05, 3.63) is 35.9 Å². The fourth-order valence-corrected chi connectivity index (χ4v) is 1.72. The van der Waals surface area contributed by atoms with Crippen molar-refractivity contribution >= 4 is 5.91 Å². The Bertz CT molecular complexity index is 371. The van der Waals surface area contributed by atoms with Gasteiger partial charge >= 0.3 is 0 Å². The number of amides is 1. The Morgan fingerprint density at radius 1 is 1.25 bits per heavy atom. The fourth-order valence-electron chi connectivity index (χ4n) is 1.72. The van der Waals surface area contributed by atoms with Crippen LogP contribution in [0.5, 0.6) is 0 Å².